The largest absolute Gasteiger partial charge is 0.480 e. The lowest BCUT2D eigenvalue weighted by Gasteiger charge is -2.23. The number of carbonyl (C=O) groups is 3. The Morgan fingerprint density at radius 2 is 1.93 bits per heavy atom. The third-order valence-electron chi connectivity index (χ3n) is 4.28. The van der Waals surface area contributed by atoms with E-state index in [1.807, 2.05) is 0 Å². The number of nitrogens with one attached hydrogen (secondary N) is 1. The molecule has 1 atom stereocenters. The molecule has 0 unspecified atom stereocenters. The van der Waals surface area contributed by atoms with Gasteiger partial charge in [0.05, 0.1) is 9.90 Å². The summed E-state index contributed by atoms with van der Waals surface area (Å²) >= 11 is 12.7. The number of carboxylic acid groups (broad SMARTS) is 1. The minimum Gasteiger partial charge on any atom is -0.480 e. The van der Waals surface area contributed by atoms with E-state index < -0.39 is 17.9 Å². The molecule has 29 heavy (non-hydrogen) atoms. The molecule has 0 fully saturated rings. The second-order valence-electron chi connectivity index (χ2n) is 6.57. The first-order valence-electron chi connectivity index (χ1n) is 9.55. The van der Waals surface area contributed by atoms with Crippen molar-refractivity contribution in [3.8, 4) is 0 Å². The first kappa shape index (κ1) is 25.7. The molecular formula is C19H28Cl2N2O5S. The number of amides is 2. The van der Waals surface area contributed by atoms with Gasteiger partial charge in [0.15, 0.2) is 0 Å². The van der Waals surface area contributed by atoms with E-state index in [1.54, 1.807) is 12.0 Å². The van der Waals surface area contributed by atoms with E-state index in [0.717, 1.165) is 30.6 Å². The molecule has 0 aliphatic rings. The van der Waals surface area contributed by atoms with Crippen molar-refractivity contribution < 1.29 is 24.2 Å². The maximum Gasteiger partial charge on any atom is 0.326 e. The average Bonchev–Trinajstić information content (AvgIpc) is 3.02. The smallest absolute Gasteiger partial charge is 0.326 e. The maximum absolute atomic E-state index is 12.6. The summed E-state index contributed by atoms with van der Waals surface area (Å²) in [4.78, 5) is 38.4. The van der Waals surface area contributed by atoms with E-state index >= 15 is 0 Å². The minimum atomic E-state index is -1.20. The van der Waals surface area contributed by atoms with E-state index in [1.165, 1.54) is 6.07 Å². The summed E-state index contributed by atoms with van der Waals surface area (Å²) in [5.74, 6) is -1.90. The first-order chi connectivity index (χ1) is 13.8. The molecule has 10 heteroatoms. The van der Waals surface area contributed by atoms with E-state index in [2.05, 4.69) is 12.2 Å². The highest BCUT2D eigenvalue weighted by atomic mass is 35.5. The molecule has 0 saturated heterocycles. The summed E-state index contributed by atoms with van der Waals surface area (Å²) < 4.78 is 5.30. The van der Waals surface area contributed by atoms with Crippen molar-refractivity contribution in [2.24, 2.45) is 0 Å². The number of halogens is 2. The predicted octanol–water partition coefficient (Wildman–Crippen LogP) is 4.07. The standard InChI is InChI=1S/C19H28Cl2N2O5S/c1-3-4-5-9-23(10-6-11-28-2)16(24)8-7-14(19(26)27)22-18(25)15-12-13(20)17(21)29-15/h12,14H,3-11H2,1-2H3,(H,22,25)(H,26,27)/t14-/m0/s1. The van der Waals surface area contributed by atoms with Crippen molar-refractivity contribution in [2.45, 2.75) is 51.5 Å². The number of thiophene rings is 1. The summed E-state index contributed by atoms with van der Waals surface area (Å²) in [6, 6.07) is 0.210. The van der Waals surface area contributed by atoms with Gasteiger partial charge in [-0.05, 0) is 25.3 Å². The Balaban J connectivity index is 2.65. The van der Waals surface area contributed by atoms with Crippen molar-refractivity contribution in [1.82, 2.24) is 10.2 Å². The van der Waals surface area contributed by atoms with Crippen LogP contribution in [0.4, 0.5) is 0 Å². The Hall–Kier alpha value is -1.35. The molecule has 0 aliphatic carbocycles. The normalized spacial score (nSPS) is 11.9. The van der Waals surface area contributed by atoms with E-state index in [-0.39, 0.29) is 33.0 Å². The molecule has 0 aliphatic heterocycles. The molecule has 1 aromatic rings. The fraction of sp³-hybridized carbons (Fsp3) is 0.632. The molecule has 1 aromatic heterocycles. The van der Waals surface area contributed by atoms with Crippen molar-refractivity contribution >= 4 is 52.3 Å². The van der Waals surface area contributed by atoms with Gasteiger partial charge in [-0.3, -0.25) is 9.59 Å². The van der Waals surface area contributed by atoms with Gasteiger partial charge in [-0.15, -0.1) is 11.3 Å². The highest BCUT2D eigenvalue weighted by molar-refractivity contribution is 7.18. The number of carbonyl (C=O) groups excluding carboxylic acids is 2. The second-order valence-corrected chi connectivity index (χ2v) is 8.63. The van der Waals surface area contributed by atoms with Crippen LogP contribution in [0, 0.1) is 0 Å². The molecule has 1 rings (SSSR count). The van der Waals surface area contributed by atoms with Crippen LogP contribution in [-0.4, -0.2) is 60.6 Å². The number of nitrogens with zero attached hydrogens (tertiary/aromatic N) is 1. The fourth-order valence-corrected chi connectivity index (χ4v) is 3.96. The molecule has 0 radical (unpaired) electrons. The zero-order valence-corrected chi connectivity index (χ0v) is 19.0. The minimum absolute atomic E-state index is 0.00129. The van der Waals surface area contributed by atoms with Gasteiger partial charge in [0.2, 0.25) is 5.91 Å². The van der Waals surface area contributed by atoms with Gasteiger partial charge in [0.25, 0.3) is 5.91 Å². The third-order valence-corrected chi connectivity index (χ3v) is 6.14. The van der Waals surface area contributed by atoms with Crippen LogP contribution in [0.1, 0.15) is 55.1 Å². The fourth-order valence-electron chi connectivity index (χ4n) is 2.68. The third kappa shape index (κ3) is 9.33. The van der Waals surface area contributed by atoms with E-state index in [0.29, 0.717) is 26.1 Å². The maximum atomic E-state index is 12.6. The predicted molar refractivity (Wildman–Crippen MR) is 115 cm³/mol. The van der Waals surface area contributed by atoms with Crippen molar-refractivity contribution in [3.05, 3.63) is 20.3 Å². The number of unbranched alkanes of at least 4 members (excludes halogenated alkanes) is 2. The van der Waals surface area contributed by atoms with Crippen LogP contribution in [0.5, 0.6) is 0 Å². The number of carboxylic acids is 1. The van der Waals surface area contributed by atoms with E-state index in [4.69, 9.17) is 27.9 Å². The van der Waals surface area contributed by atoms with Crippen LogP contribution >= 0.6 is 34.5 Å². The van der Waals surface area contributed by atoms with Crippen molar-refractivity contribution in [3.63, 3.8) is 0 Å². The molecule has 0 spiro atoms. The Bertz CT molecular complexity index is 654. The molecule has 0 aromatic carbocycles. The van der Waals surface area contributed by atoms with Gasteiger partial charge in [-0.2, -0.15) is 0 Å². The molecule has 1 heterocycles. The molecular weight excluding hydrogens is 439 g/mol. The second kappa shape index (κ2) is 13.8. The zero-order valence-electron chi connectivity index (χ0n) is 16.7. The van der Waals surface area contributed by atoms with Crippen LogP contribution in [-0.2, 0) is 14.3 Å². The van der Waals surface area contributed by atoms with Gasteiger partial charge in [0.1, 0.15) is 10.4 Å². The van der Waals surface area contributed by atoms with Crippen LogP contribution in [0.15, 0.2) is 6.07 Å². The highest BCUT2D eigenvalue weighted by Gasteiger charge is 2.24. The molecule has 0 saturated carbocycles. The van der Waals surface area contributed by atoms with E-state index in [9.17, 15) is 19.5 Å². The number of hydrogen-bond donors (Lipinski definition) is 2. The number of methoxy groups -OCH3 is 1. The Labute approximate surface area is 185 Å². The Morgan fingerprint density at radius 1 is 1.24 bits per heavy atom. The molecule has 2 N–H and O–H groups in total. The molecule has 2 amide bonds. The van der Waals surface area contributed by atoms with Crippen molar-refractivity contribution in [2.75, 3.05) is 26.8 Å². The zero-order chi connectivity index (χ0) is 21.8. The first-order valence-corrected chi connectivity index (χ1v) is 11.1. The van der Waals surface area contributed by atoms with Crippen LogP contribution in [0.25, 0.3) is 0 Å². The summed E-state index contributed by atoms with van der Waals surface area (Å²) in [6.07, 6.45) is 3.71. The summed E-state index contributed by atoms with van der Waals surface area (Å²) in [6.45, 7) is 3.84. The number of ether oxygens (including phenoxy) is 1. The van der Waals surface area contributed by atoms with Gasteiger partial charge in [0, 0.05) is 33.2 Å². The lowest BCUT2D eigenvalue weighted by atomic mass is 10.1. The molecule has 0 bridgehead atoms. The summed E-state index contributed by atoms with van der Waals surface area (Å²) in [5, 5.41) is 12.1. The topological polar surface area (TPSA) is 95.9 Å². The monoisotopic (exact) mass is 466 g/mol. The van der Waals surface area contributed by atoms with Crippen LogP contribution in [0.2, 0.25) is 9.36 Å². The number of hydrogen-bond acceptors (Lipinski definition) is 5. The highest BCUT2D eigenvalue weighted by Crippen LogP contribution is 2.31. The van der Waals surface area contributed by atoms with Crippen LogP contribution in [0.3, 0.4) is 0 Å². The van der Waals surface area contributed by atoms with Gasteiger partial charge in [-0.1, -0.05) is 43.0 Å². The summed E-state index contributed by atoms with van der Waals surface area (Å²) in [5.41, 5.74) is 0. The SMILES string of the molecule is CCCCCN(CCCOC)C(=O)CC[C@H](NC(=O)c1cc(Cl)c(Cl)s1)C(=O)O. The number of rotatable bonds is 14. The quantitative estimate of drug-likeness (QED) is 0.402. The molecule has 7 nitrogen and oxygen atoms in total. The van der Waals surface area contributed by atoms with Gasteiger partial charge >= 0.3 is 5.97 Å². The lowest BCUT2D eigenvalue weighted by Crippen LogP contribution is -2.42. The average molecular weight is 467 g/mol. The molecule has 164 valence electrons. The lowest BCUT2D eigenvalue weighted by molar-refractivity contribution is -0.139. The Morgan fingerprint density at radius 3 is 2.48 bits per heavy atom. The van der Waals surface area contributed by atoms with Gasteiger partial charge in [-0.25, -0.2) is 4.79 Å². The number of aliphatic carboxylic acids is 1. The summed E-state index contributed by atoms with van der Waals surface area (Å²) in [7, 11) is 1.61. The van der Waals surface area contributed by atoms with Crippen LogP contribution < -0.4 is 5.32 Å². The van der Waals surface area contributed by atoms with Crippen molar-refractivity contribution in [1.29, 1.82) is 0 Å². The Kier molecular flexibility index (Phi) is 12.2. The van der Waals surface area contributed by atoms with Gasteiger partial charge < -0.3 is 20.1 Å².